The van der Waals surface area contributed by atoms with E-state index in [1.165, 1.54) is 45.7 Å². The fourth-order valence-corrected chi connectivity index (χ4v) is 5.86. The average molecular weight is 581 g/mol. The van der Waals surface area contributed by atoms with E-state index in [0.29, 0.717) is 5.56 Å². The van der Waals surface area contributed by atoms with Crippen LogP contribution in [0.25, 0.3) is 0 Å². The molecule has 0 fully saturated rings. The van der Waals surface area contributed by atoms with Crippen molar-refractivity contribution in [3.05, 3.63) is 97.6 Å². The van der Waals surface area contributed by atoms with Crippen molar-refractivity contribution < 1.29 is 38.9 Å². The topological polar surface area (TPSA) is 66.4 Å². The first-order valence-corrected chi connectivity index (χ1v) is 15.1. The highest BCUT2D eigenvalue weighted by Crippen LogP contribution is 2.10. The Kier molecular flexibility index (Phi) is 13.1. The number of unbranched alkanes of at least 4 members (excludes halogenated alkanes) is 5. The summed E-state index contributed by atoms with van der Waals surface area (Å²) in [4.78, 5) is 0. The first kappa shape index (κ1) is 27.3. The number of halogens is 1. The molecule has 33 heavy (non-hydrogen) atoms. The van der Waals surface area contributed by atoms with E-state index in [-0.39, 0.29) is 21.2 Å². The molecule has 178 valence electrons. The number of hydrogen-bond acceptors (Lipinski definition) is 4. The molecule has 0 spiro atoms. The quantitative estimate of drug-likeness (QED) is 0.188. The van der Waals surface area contributed by atoms with Crippen LogP contribution in [-0.4, -0.2) is 19.6 Å². The van der Waals surface area contributed by atoms with Crippen LogP contribution in [0.1, 0.15) is 51.0 Å². The Balaban J connectivity index is 0.000000294. The average Bonchev–Trinajstić information content (AvgIpc) is 2.80. The van der Waals surface area contributed by atoms with E-state index in [9.17, 15) is 13.0 Å². The summed E-state index contributed by atoms with van der Waals surface area (Å²) in [6.45, 7) is 3.10. The van der Waals surface area contributed by atoms with E-state index >= 15 is 0 Å². The second kappa shape index (κ2) is 15.9. The van der Waals surface area contributed by atoms with E-state index in [1.807, 2.05) is 0 Å². The van der Waals surface area contributed by atoms with Gasteiger partial charge in [0, 0.05) is 0 Å². The van der Waals surface area contributed by atoms with Crippen LogP contribution in [0.15, 0.2) is 84.9 Å². The fraction of sp³-hybridized carbons (Fsp3) is 0.333. The van der Waals surface area contributed by atoms with Crippen molar-refractivity contribution >= 4 is 10.1 Å². The molecule has 0 saturated carbocycles. The molecule has 0 aromatic heterocycles. The van der Waals surface area contributed by atoms with Gasteiger partial charge in [0.1, 0.15) is 5.75 Å². The molecule has 0 N–H and O–H groups in total. The van der Waals surface area contributed by atoms with E-state index in [0.717, 1.165) is 12.4 Å². The minimum Gasteiger partial charge on any atom is -0.748 e. The Morgan fingerprint density at radius 3 is 1.88 bits per heavy atom. The lowest BCUT2D eigenvalue weighted by molar-refractivity contribution is -0.597. The van der Waals surface area contributed by atoms with Crippen molar-refractivity contribution in [1.82, 2.24) is 0 Å². The predicted molar refractivity (Wildman–Crippen MR) is 129 cm³/mol. The van der Waals surface area contributed by atoms with Crippen LogP contribution in [-0.2, 0) is 15.9 Å². The summed E-state index contributed by atoms with van der Waals surface area (Å²) in [7, 11) is -4.13. The summed E-state index contributed by atoms with van der Waals surface area (Å²) in [5.41, 5.74) is 0.530. The monoisotopic (exact) mass is 580 g/mol. The molecule has 0 aliphatic heterocycles. The molecule has 0 bridgehead atoms. The summed E-state index contributed by atoms with van der Waals surface area (Å²) in [6.07, 6.45) is 7.85. The molecule has 3 rings (SSSR count). The van der Waals surface area contributed by atoms with Crippen LogP contribution < -0.4 is 25.9 Å². The van der Waals surface area contributed by atoms with Crippen LogP contribution in [0.4, 0.5) is 0 Å². The number of hydrogen-bond donors (Lipinski definition) is 0. The van der Waals surface area contributed by atoms with Crippen molar-refractivity contribution in [2.24, 2.45) is 0 Å². The zero-order valence-corrected chi connectivity index (χ0v) is 22.1. The zero-order chi connectivity index (χ0) is 23.8. The molecule has 0 heterocycles. The third-order valence-corrected chi connectivity index (χ3v) is 8.09. The first-order valence-electron chi connectivity index (χ1n) is 11.4. The maximum absolute atomic E-state index is 10.2. The molecular formula is C27H33IO4S. The normalized spacial score (nSPS) is 10.8. The smallest absolute Gasteiger partial charge is 0.357 e. The Hall–Kier alpha value is -1.90. The number of benzene rings is 3. The predicted octanol–water partition coefficient (Wildman–Crippen LogP) is 3.29. The molecule has 4 nitrogen and oxygen atoms in total. The molecule has 0 saturated heterocycles. The second-order valence-corrected chi connectivity index (χ2v) is 12.1. The van der Waals surface area contributed by atoms with Gasteiger partial charge in [-0.25, -0.2) is 8.42 Å². The van der Waals surface area contributed by atoms with Gasteiger partial charge in [0.05, 0.1) is 22.5 Å². The molecule has 0 atom stereocenters. The van der Waals surface area contributed by atoms with Gasteiger partial charge < -0.3 is 9.29 Å². The minimum atomic E-state index is -4.13. The number of ether oxygens (including phenoxy) is 1. The van der Waals surface area contributed by atoms with Gasteiger partial charge in [-0.15, -0.1) is 0 Å². The Labute approximate surface area is 209 Å². The molecule has 0 amide bonds. The highest BCUT2D eigenvalue weighted by atomic mass is 127. The summed E-state index contributed by atoms with van der Waals surface area (Å²) >= 11 is -0.0655. The Bertz CT molecular complexity index is 991. The third-order valence-electron chi connectivity index (χ3n) is 4.72. The largest absolute Gasteiger partial charge is 0.748 e. The van der Waals surface area contributed by atoms with Crippen LogP contribution >= 0.6 is 0 Å². The van der Waals surface area contributed by atoms with Gasteiger partial charge in [0.25, 0.3) is 0 Å². The SMILES string of the molecule is CCCCCCCCOc1ccc([I+]c2ccccc2)cc1.O=S(=O)([O-])Cc1ccccc1. The van der Waals surface area contributed by atoms with E-state index in [2.05, 4.69) is 61.5 Å². The summed E-state index contributed by atoms with van der Waals surface area (Å²) in [5.74, 6) is 0.586. The maximum atomic E-state index is 10.2. The van der Waals surface area contributed by atoms with Gasteiger partial charge in [-0.1, -0.05) is 87.6 Å². The van der Waals surface area contributed by atoms with Gasteiger partial charge in [-0.2, -0.15) is 0 Å². The summed E-state index contributed by atoms with van der Waals surface area (Å²) < 4.78 is 39.5. The first-order chi connectivity index (χ1) is 16.0. The van der Waals surface area contributed by atoms with Crippen molar-refractivity contribution in [3.8, 4) is 5.75 Å². The van der Waals surface area contributed by atoms with Crippen LogP contribution in [0.5, 0.6) is 5.75 Å². The van der Waals surface area contributed by atoms with Gasteiger partial charge >= 0.3 is 21.2 Å². The highest BCUT2D eigenvalue weighted by molar-refractivity contribution is 7.84. The van der Waals surface area contributed by atoms with E-state index in [1.54, 1.807) is 30.3 Å². The van der Waals surface area contributed by atoms with Gasteiger partial charge in [-0.05, 0) is 48.4 Å². The lowest BCUT2D eigenvalue weighted by Gasteiger charge is -2.05. The molecule has 0 aliphatic carbocycles. The van der Waals surface area contributed by atoms with E-state index in [4.69, 9.17) is 4.74 Å². The van der Waals surface area contributed by atoms with Crippen LogP contribution in [0, 0.1) is 7.14 Å². The van der Waals surface area contributed by atoms with Crippen molar-refractivity contribution in [2.45, 2.75) is 51.2 Å². The second-order valence-electron chi connectivity index (χ2n) is 7.65. The number of rotatable bonds is 12. The third kappa shape index (κ3) is 13.4. The molecule has 3 aromatic rings. The Morgan fingerprint density at radius 2 is 1.27 bits per heavy atom. The molecule has 3 aromatic carbocycles. The van der Waals surface area contributed by atoms with Crippen molar-refractivity contribution in [1.29, 1.82) is 0 Å². The van der Waals surface area contributed by atoms with Gasteiger partial charge in [0.15, 0.2) is 7.14 Å². The van der Waals surface area contributed by atoms with Crippen molar-refractivity contribution in [3.63, 3.8) is 0 Å². The van der Waals surface area contributed by atoms with Crippen LogP contribution in [0.2, 0.25) is 0 Å². The summed E-state index contributed by atoms with van der Waals surface area (Å²) in [5, 5.41) is 0. The Morgan fingerprint density at radius 1 is 0.727 bits per heavy atom. The molecular weight excluding hydrogens is 547 g/mol. The maximum Gasteiger partial charge on any atom is 0.357 e. The molecule has 0 radical (unpaired) electrons. The van der Waals surface area contributed by atoms with Gasteiger partial charge in [-0.3, -0.25) is 0 Å². The molecule has 0 aliphatic rings. The fourth-order valence-electron chi connectivity index (χ4n) is 3.05. The summed E-state index contributed by atoms with van der Waals surface area (Å²) in [6, 6.07) is 27.8. The van der Waals surface area contributed by atoms with Crippen LogP contribution in [0.3, 0.4) is 0 Å². The van der Waals surface area contributed by atoms with Crippen molar-refractivity contribution in [2.75, 3.05) is 6.61 Å². The minimum absolute atomic E-state index is 0.0655. The molecule has 0 unspecified atom stereocenters. The standard InChI is InChI=1S/C20H26IO.C7H8O3S/c1-2-3-4-5-6-10-17-22-20-15-13-19(14-16-20)21-18-11-8-7-9-12-18;8-11(9,10)6-7-4-2-1-3-5-7/h7-9,11-16H,2-6,10,17H2,1H3;1-5H,6H2,(H,8,9,10)/q+1;/p-1. The van der Waals surface area contributed by atoms with E-state index < -0.39 is 15.9 Å². The lowest BCUT2D eigenvalue weighted by Crippen LogP contribution is -3.61. The zero-order valence-electron chi connectivity index (χ0n) is 19.2. The highest BCUT2D eigenvalue weighted by Gasteiger charge is 2.14. The molecule has 6 heteroatoms. The van der Waals surface area contributed by atoms with Gasteiger partial charge in [0.2, 0.25) is 0 Å². The lowest BCUT2D eigenvalue weighted by atomic mass is 10.1.